The van der Waals surface area contributed by atoms with Crippen molar-refractivity contribution in [3.63, 3.8) is 0 Å². The maximum Gasteiger partial charge on any atom is 0.316 e. The lowest BCUT2D eigenvalue weighted by Crippen LogP contribution is -2.39. The molecular weight excluding hydrogens is 530 g/mol. The first-order chi connectivity index (χ1) is 10.8. The quantitative estimate of drug-likeness (QED) is 0.282. The zero-order valence-corrected chi connectivity index (χ0v) is 18.3. The lowest BCUT2D eigenvalue weighted by molar-refractivity contribution is -0.169. The maximum atomic E-state index is 11.1. The van der Waals surface area contributed by atoms with Crippen LogP contribution in [0.15, 0.2) is 0 Å². The molecule has 0 saturated carbocycles. The van der Waals surface area contributed by atoms with Crippen molar-refractivity contribution in [3.8, 4) is 0 Å². The van der Waals surface area contributed by atoms with E-state index in [-0.39, 0.29) is 42.0 Å². The molecule has 2 aliphatic rings. The van der Waals surface area contributed by atoms with Gasteiger partial charge in [0.15, 0.2) is 0 Å². The number of carbonyl (C=O) groups is 3. The Kier molecular flexibility index (Phi) is 11.6. The Labute approximate surface area is 160 Å². The molecule has 23 heavy (non-hydrogen) atoms. The first-order valence-electron chi connectivity index (χ1n) is 7.37. The van der Waals surface area contributed by atoms with Gasteiger partial charge in [0.1, 0.15) is 23.9 Å². The Hall–Kier alpha value is 0.0300. The Morgan fingerprint density at radius 1 is 0.957 bits per heavy atom. The second-order valence-corrected chi connectivity index (χ2v) is 5.69. The van der Waals surface area contributed by atoms with Crippen LogP contribution in [-0.2, 0) is 28.6 Å². The van der Waals surface area contributed by atoms with Gasteiger partial charge in [-0.15, -0.1) is 0 Å². The summed E-state index contributed by atoms with van der Waals surface area (Å²) in [5, 5.41) is 0. The van der Waals surface area contributed by atoms with Crippen molar-refractivity contribution in [2.24, 2.45) is 11.8 Å². The molecule has 0 N–H and O–H groups in total. The minimum atomic E-state index is -0.545. The number of halogens is 2. The van der Waals surface area contributed by atoms with Crippen molar-refractivity contribution in [3.05, 3.63) is 0 Å². The summed E-state index contributed by atoms with van der Waals surface area (Å²) in [5.41, 5.74) is 0. The molecule has 5 unspecified atom stereocenters. The summed E-state index contributed by atoms with van der Waals surface area (Å²) in [6, 6.07) is 0. The highest BCUT2D eigenvalue weighted by Gasteiger charge is 2.33. The molecule has 0 aromatic heterocycles. The van der Waals surface area contributed by atoms with Crippen molar-refractivity contribution in [1.29, 1.82) is 0 Å². The molecular formula is C15H24I2O6. The molecule has 8 heteroatoms. The van der Waals surface area contributed by atoms with Gasteiger partial charge in [-0.3, -0.25) is 14.4 Å². The molecule has 0 aromatic carbocycles. The topological polar surface area (TPSA) is 78.9 Å². The Morgan fingerprint density at radius 2 is 1.48 bits per heavy atom. The number of ether oxygens (including phenoxy) is 3. The highest BCUT2D eigenvalue weighted by atomic mass is 128. The van der Waals surface area contributed by atoms with Crippen LogP contribution < -0.4 is 0 Å². The Balaban J connectivity index is 0.000000381. The molecule has 2 saturated heterocycles. The van der Waals surface area contributed by atoms with Crippen molar-refractivity contribution in [2.45, 2.75) is 58.8 Å². The van der Waals surface area contributed by atoms with Gasteiger partial charge in [-0.2, -0.15) is 0 Å². The van der Waals surface area contributed by atoms with Crippen LogP contribution in [0.3, 0.4) is 0 Å². The average Bonchev–Trinajstić information content (AvgIpc) is 2.51. The second-order valence-electron chi connectivity index (χ2n) is 5.69. The van der Waals surface area contributed by atoms with Crippen LogP contribution in [0, 0.1) is 11.8 Å². The molecule has 6 nitrogen and oxygen atoms in total. The number of cyclic esters (lactones) is 2. The van der Waals surface area contributed by atoms with Gasteiger partial charge in [0.25, 0.3) is 0 Å². The van der Waals surface area contributed by atoms with E-state index in [0.29, 0.717) is 6.42 Å². The van der Waals surface area contributed by atoms with Crippen LogP contribution in [0.1, 0.15) is 40.5 Å². The lowest BCUT2D eigenvalue weighted by Gasteiger charge is -2.30. The zero-order chi connectivity index (χ0) is 18.2. The molecule has 134 valence electrons. The predicted molar refractivity (Wildman–Crippen MR) is 103 cm³/mol. The van der Waals surface area contributed by atoms with E-state index in [0.717, 1.165) is 6.42 Å². The average molecular weight is 554 g/mol. The number of hydrogen-bond donors (Lipinski definition) is 0. The highest BCUT2D eigenvalue weighted by Crippen LogP contribution is 2.22. The fraction of sp³-hybridized carbons (Fsp3) is 0.800. The summed E-state index contributed by atoms with van der Waals surface area (Å²) in [6.45, 7) is 7.02. The highest BCUT2D eigenvalue weighted by molar-refractivity contribution is 15.0. The van der Waals surface area contributed by atoms with Crippen LogP contribution in [-0.4, -0.2) is 43.1 Å². The minimum Gasteiger partial charge on any atom is -0.462 e. The molecule has 5 atom stereocenters. The third-order valence-corrected chi connectivity index (χ3v) is 3.76. The zero-order valence-electron chi connectivity index (χ0n) is 14.0. The van der Waals surface area contributed by atoms with E-state index in [4.69, 9.17) is 14.2 Å². The van der Waals surface area contributed by atoms with Gasteiger partial charge in [0, 0.05) is 57.2 Å². The monoisotopic (exact) mass is 554 g/mol. The SMILES string of the molecule is CC1CC(=O)C(C)C(=O)O1.COC1CC(C)OC(=O)C1C.II. The van der Waals surface area contributed by atoms with Crippen LogP contribution in [0.4, 0.5) is 0 Å². The summed E-state index contributed by atoms with van der Waals surface area (Å²) < 4.78 is 15.0. The molecule has 0 radical (unpaired) electrons. The van der Waals surface area contributed by atoms with Gasteiger partial charge >= 0.3 is 11.9 Å². The lowest BCUT2D eigenvalue weighted by atomic mass is 9.96. The fourth-order valence-corrected chi connectivity index (χ4v) is 2.27. The van der Waals surface area contributed by atoms with Crippen LogP contribution >= 0.6 is 37.2 Å². The van der Waals surface area contributed by atoms with Gasteiger partial charge in [-0.05, 0) is 27.7 Å². The molecule has 0 spiro atoms. The van der Waals surface area contributed by atoms with E-state index in [9.17, 15) is 14.4 Å². The number of ketones is 1. The smallest absolute Gasteiger partial charge is 0.316 e. The minimum absolute atomic E-state index is 0.00338. The molecule has 2 fully saturated rings. The van der Waals surface area contributed by atoms with Crippen LogP contribution in [0.25, 0.3) is 0 Å². The summed E-state index contributed by atoms with van der Waals surface area (Å²) >= 11 is 4.24. The molecule has 0 amide bonds. The van der Waals surface area contributed by atoms with Gasteiger partial charge in [-0.1, -0.05) is 0 Å². The van der Waals surface area contributed by atoms with E-state index in [1.165, 1.54) is 0 Å². The number of Topliss-reactive ketones (excluding diaryl/α,β-unsaturated/α-hetero) is 1. The predicted octanol–water partition coefficient (Wildman–Crippen LogP) is 3.27. The summed E-state index contributed by atoms with van der Waals surface area (Å²) in [5.74, 6) is -1.20. The van der Waals surface area contributed by atoms with Crippen LogP contribution in [0.2, 0.25) is 0 Å². The molecule has 2 aliphatic heterocycles. The standard InChI is InChI=1S/C8H14O3.C7H10O3.I2/c1-5-4-7(10-3)6(2)8(9)11-5;1-4-3-6(8)5(2)7(9)10-4;1-2/h5-7H,4H2,1-3H3;4-5H,3H2,1-2H3;. The van der Waals surface area contributed by atoms with Crippen molar-refractivity contribution >= 4 is 55.0 Å². The third-order valence-electron chi connectivity index (χ3n) is 3.76. The van der Waals surface area contributed by atoms with Gasteiger partial charge in [0.05, 0.1) is 12.0 Å². The number of rotatable bonds is 1. The van der Waals surface area contributed by atoms with E-state index >= 15 is 0 Å². The van der Waals surface area contributed by atoms with Gasteiger partial charge in [0.2, 0.25) is 0 Å². The normalized spacial score (nSPS) is 33.3. The van der Waals surface area contributed by atoms with Gasteiger partial charge < -0.3 is 14.2 Å². The van der Waals surface area contributed by atoms with Crippen molar-refractivity contribution in [1.82, 2.24) is 0 Å². The first-order valence-corrected chi connectivity index (χ1v) is 13.7. The fourth-order valence-electron chi connectivity index (χ4n) is 2.27. The number of carbonyl (C=O) groups excluding carboxylic acids is 3. The van der Waals surface area contributed by atoms with E-state index < -0.39 is 5.92 Å². The third kappa shape index (κ3) is 7.63. The summed E-state index contributed by atoms with van der Waals surface area (Å²) in [6.07, 6.45) is 0.988. The molecule has 0 aromatic rings. The summed E-state index contributed by atoms with van der Waals surface area (Å²) in [7, 11) is 1.63. The van der Waals surface area contributed by atoms with E-state index in [1.807, 2.05) is 13.8 Å². The molecule has 2 heterocycles. The Morgan fingerprint density at radius 3 is 1.96 bits per heavy atom. The number of esters is 2. The molecule has 0 aliphatic carbocycles. The number of hydrogen-bond acceptors (Lipinski definition) is 6. The van der Waals surface area contributed by atoms with Crippen molar-refractivity contribution in [2.75, 3.05) is 7.11 Å². The van der Waals surface area contributed by atoms with Crippen LogP contribution in [0.5, 0.6) is 0 Å². The largest absolute Gasteiger partial charge is 0.462 e. The number of methoxy groups -OCH3 is 1. The Bertz CT molecular complexity index is 397. The van der Waals surface area contributed by atoms with E-state index in [2.05, 4.69) is 37.2 Å². The van der Waals surface area contributed by atoms with E-state index in [1.54, 1.807) is 21.0 Å². The first kappa shape index (κ1) is 23.0. The summed E-state index contributed by atoms with van der Waals surface area (Å²) in [4.78, 5) is 32.8. The van der Waals surface area contributed by atoms with Gasteiger partial charge in [-0.25, -0.2) is 0 Å². The molecule has 0 bridgehead atoms. The molecule has 2 rings (SSSR count). The van der Waals surface area contributed by atoms with Crippen molar-refractivity contribution < 1.29 is 28.6 Å². The maximum absolute atomic E-state index is 11.1. The second kappa shape index (κ2) is 11.6.